The largest absolute Gasteiger partial charge is 0.455 e. The first-order valence-corrected chi connectivity index (χ1v) is 8.69. The number of urea groups is 1. The first-order chi connectivity index (χ1) is 12.1. The molecule has 3 rings (SSSR count). The van der Waals surface area contributed by atoms with Crippen LogP contribution in [0.3, 0.4) is 0 Å². The number of hydrogen-bond acceptors (Lipinski definition) is 3. The van der Waals surface area contributed by atoms with Gasteiger partial charge in [0, 0.05) is 19.0 Å². The number of aliphatic hydroxyl groups excluding tert-OH is 1. The Morgan fingerprint density at radius 1 is 1.20 bits per heavy atom. The van der Waals surface area contributed by atoms with E-state index in [1.54, 1.807) is 11.8 Å². The van der Waals surface area contributed by atoms with E-state index in [1.165, 1.54) is 0 Å². The molecule has 0 spiro atoms. The number of piperidine rings is 1. The molecule has 2 atom stereocenters. The topological polar surface area (TPSA) is 61.8 Å². The Morgan fingerprint density at radius 3 is 2.68 bits per heavy atom. The number of nitrogens with zero attached hydrogens (tertiary/aromatic N) is 1. The van der Waals surface area contributed by atoms with Crippen molar-refractivity contribution in [2.24, 2.45) is 5.92 Å². The lowest BCUT2D eigenvalue weighted by atomic mass is 9.94. The quantitative estimate of drug-likeness (QED) is 0.881. The van der Waals surface area contributed by atoms with Gasteiger partial charge >= 0.3 is 6.03 Å². The molecular formula is C20H24N2O3. The van der Waals surface area contributed by atoms with Crippen LogP contribution in [0.5, 0.6) is 11.5 Å². The Kier molecular flexibility index (Phi) is 5.56. The summed E-state index contributed by atoms with van der Waals surface area (Å²) in [6.07, 6.45) is 1.46. The zero-order valence-corrected chi connectivity index (χ0v) is 14.4. The molecule has 1 saturated heterocycles. The molecular weight excluding hydrogens is 316 g/mol. The van der Waals surface area contributed by atoms with Crippen molar-refractivity contribution in [2.45, 2.75) is 25.9 Å². The molecule has 0 bridgehead atoms. The van der Waals surface area contributed by atoms with Gasteiger partial charge in [0.1, 0.15) is 5.75 Å². The Balaban J connectivity index is 1.69. The minimum absolute atomic E-state index is 0.135. The highest BCUT2D eigenvalue weighted by Gasteiger charge is 2.26. The number of aliphatic hydroxyl groups is 1. The Bertz CT molecular complexity index is 703. The molecule has 132 valence electrons. The van der Waals surface area contributed by atoms with Crippen LogP contribution in [0, 0.1) is 5.92 Å². The van der Waals surface area contributed by atoms with Crippen molar-refractivity contribution < 1.29 is 14.6 Å². The Hall–Kier alpha value is -2.53. The maximum absolute atomic E-state index is 12.6. The molecule has 0 aromatic heterocycles. The van der Waals surface area contributed by atoms with Crippen molar-refractivity contribution in [2.75, 3.05) is 18.4 Å². The summed E-state index contributed by atoms with van der Waals surface area (Å²) in [6, 6.07) is 16.7. The Labute approximate surface area is 148 Å². The number of carbonyl (C=O) groups excluding carboxylic acids is 1. The highest BCUT2D eigenvalue weighted by molar-refractivity contribution is 5.91. The number of nitrogens with one attached hydrogen (secondary N) is 1. The number of rotatable bonds is 4. The van der Waals surface area contributed by atoms with Gasteiger partial charge in [-0.05, 0) is 44.0 Å². The summed E-state index contributed by atoms with van der Waals surface area (Å²) < 4.78 is 5.88. The normalized spacial score (nSPS) is 18.5. The van der Waals surface area contributed by atoms with E-state index in [1.807, 2.05) is 54.6 Å². The van der Waals surface area contributed by atoms with Crippen LogP contribution < -0.4 is 10.1 Å². The van der Waals surface area contributed by atoms with Gasteiger partial charge in [0.25, 0.3) is 0 Å². The molecule has 0 saturated carbocycles. The molecule has 2 aromatic rings. The van der Waals surface area contributed by atoms with E-state index >= 15 is 0 Å². The van der Waals surface area contributed by atoms with Gasteiger partial charge < -0.3 is 20.1 Å². The fourth-order valence-electron chi connectivity index (χ4n) is 3.06. The second kappa shape index (κ2) is 8.03. The fraction of sp³-hybridized carbons (Fsp3) is 0.350. The third-order valence-electron chi connectivity index (χ3n) is 4.53. The molecule has 0 radical (unpaired) electrons. The predicted octanol–water partition coefficient (Wildman–Crippen LogP) is 4.10. The molecule has 25 heavy (non-hydrogen) atoms. The van der Waals surface area contributed by atoms with E-state index in [-0.39, 0.29) is 11.9 Å². The number of benzene rings is 2. The van der Waals surface area contributed by atoms with Crippen LogP contribution in [0.2, 0.25) is 0 Å². The van der Waals surface area contributed by atoms with Crippen molar-refractivity contribution in [3.63, 3.8) is 0 Å². The first-order valence-electron chi connectivity index (χ1n) is 8.69. The van der Waals surface area contributed by atoms with Gasteiger partial charge in [-0.3, -0.25) is 0 Å². The average molecular weight is 340 g/mol. The van der Waals surface area contributed by atoms with Crippen LogP contribution in [0.25, 0.3) is 0 Å². The molecule has 2 aromatic carbocycles. The second-order valence-corrected chi connectivity index (χ2v) is 6.43. The van der Waals surface area contributed by atoms with Crippen molar-refractivity contribution in [1.29, 1.82) is 0 Å². The smallest absolute Gasteiger partial charge is 0.321 e. The molecule has 0 aliphatic carbocycles. The Morgan fingerprint density at radius 2 is 1.92 bits per heavy atom. The van der Waals surface area contributed by atoms with Crippen molar-refractivity contribution in [3.8, 4) is 11.5 Å². The summed E-state index contributed by atoms with van der Waals surface area (Å²) in [5.74, 6) is 1.46. The number of ether oxygens (including phenoxy) is 1. The molecule has 1 aliphatic rings. The minimum atomic E-state index is -0.399. The third kappa shape index (κ3) is 4.51. The minimum Gasteiger partial charge on any atom is -0.455 e. The average Bonchev–Trinajstić information content (AvgIpc) is 2.64. The summed E-state index contributed by atoms with van der Waals surface area (Å²) >= 11 is 0. The predicted molar refractivity (Wildman–Crippen MR) is 98.0 cm³/mol. The highest BCUT2D eigenvalue weighted by atomic mass is 16.5. The summed E-state index contributed by atoms with van der Waals surface area (Å²) in [4.78, 5) is 14.4. The van der Waals surface area contributed by atoms with Gasteiger partial charge in [-0.1, -0.05) is 30.3 Å². The van der Waals surface area contributed by atoms with E-state index in [4.69, 9.17) is 4.74 Å². The standard InChI is InChI=1S/C20H24N2O3/c1-15(23)16-8-7-13-22(14-16)20(24)21-18-11-5-6-12-19(18)25-17-9-3-2-4-10-17/h2-6,9-12,15-16,23H,7-8,13-14H2,1H3,(H,21,24). The monoisotopic (exact) mass is 340 g/mol. The molecule has 2 N–H and O–H groups in total. The first kappa shape index (κ1) is 17.3. The SMILES string of the molecule is CC(O)C1CCCN(C(=O)Nc2ccccc2Oc2ccccc2)C1. The zero-order chi connectivity index (χ0) is 17.6. The van der Waals surface area contributed by atoms with Crippen LogP contribution in [0.4, 0.5) is 10.5 Å². The van der Waals surface area contributed by atoms with Crippen LogP contribution in [0.15, 0.2) is 54.6 Å². The van der Waals surface area contributed by atoms with E-state index in [0.717, 1.165) is 18.6 Å². The van der Waals surface area contributed by atoms with E-state index in [0.29, 0.717) is 24.5 Å². The van der Waals surface area contributed by atoms with Gasteiger partial charge in [-0.15, -0.1) is 0 Å². The van der Waals surface area contributed by atoms with Crippen LogP contribution >= 0.6 is 0 Å². The fourth-order valence-corrected chi connectivity index (χ4v) is 3.06. The summed E-state index contributed by atoms with van der Waals surface area (Å²) in [7, 11) is 0. The van der Waals surface area contributed by atoms with Crippen LogP contribution in [-0.2, 0) is 0 Å². The van der Waals surface area contributed by atoms with Gasteiger partial charge in [-0.25, -0.2) is 4.79 Å². The van der Waals surface area contributed by atoms with E-state index < -0.39 is 6.10 Å². The number of anilines is 1. The third-order valence-corrected chi connectivity index (χ3v) is 4.53. The number of carbonyl (C=O) groups is 1. The molecule has 1 fully saturated rings. The maximum Gasteiger partial charge on any atom is 0.321 e. The van der Waals surface area contributed by atoms with E-state index in [2.05, 4.69) is 5.32 Å². The highest BCUT2D eigenvalue weighted by Crippen LogP contribution is 2.30. The number of para-hydroxylation sites is 3. The second-order valence-electron chi connectivity index (χ2n) is 6.43. The summed E-state index contributed by atoms with van der Waals surface area (Å²) in [5, 5.41) is 12.7. The van der Waals surface area contributed by atoms with Crippen molar-refractivity contribution in [3.05, 3.63) is 54.6 Å². The van der Waals surface area contributed by atoms with E-state index in [9.17, 15) is 9.90 Å². The molecule has 5 heteroatoms. The number of hydrogen-bond donors (Lipinski definition) is 2. The zero-order valence-electron chi connectivity index (χ0n) is 14.4. The lowest BCUT2D eigenvalue weighted by Gasteiger charge is -2.34. The molecule has 1 heterocycles. The molecule has 2 amide bonds. The van der Waals surface area contributed by atoms with Gasteiger partial charge in [0.2, 0.25) is 0 Å². The van der Waals surface area contributed by atoms with Crippen LogP contribution in [0.1, 0.15) is 19.8 Å². The summed E-state index contributed by atoms with van der Waals surface area (Å²) in [5.41, 5.74) is 0.635. The molecule has 5 nitrogen and oxygen atoms in total. The van der Waals surface area contributed by atoms with Crippen molar-refractivity contribution in [1.82, 2.24) is 4.90 Å². The lowest BCUT2D eigenvalue weighted by Crippen LogP contribution is -2.44. The van der Waals surface area contributed by atoms with Crippen LogP contribution in [-0.4, -0.2) is 35.2 Å². The molecule has 2 unspecified atom stereocenters. The van der Waals surface area contributed by atoms with Gasteiger partial charge in [0.15, 0.2) is 5.75 Å². The number of likely N-dealkylation sites (tertiary alicyclic amines) is 1. The summed E-state index contributed by atoms with van der Waals surface area (Å²) in [6.45, 7) is 3.07. The van der Waals surface area contributed by atoms with Gasteiger partial charge in [-0.2, -0.15) is 0 Å². The lowest BCUT2D eigenvalue weighted by molar-refractivity contribution is 0.0766. The van der Waals surface area contributed by atoms with Gasteiger partial charge in [0.05, 0.1) is 11.8 Å². The number of amides is 2. The molecule has 1 aliphatic heterocycles. The van der Waals surface area contributed by atoms with Crippen molar-refractivity contribution >= 4 is 11.7 Å². The maximum atomic E-state index is 12.6.